The van der Waals surface area contributed by atoms with Gasteiger partial charge in [-0.05, 0) is 58.5 Å². The summed E-state index contributed by atoms with van der Waals surface area (Å²) in [4.78, 5) is 39.0. The number of hydrogen-bond donors (Lipinski definition) is 2. The van der Waals surface area contributed by atoms with Gasteiger partial charge >= 0.3 is 5.97 Å². The highest BCUT2D eigenvalue weighted by Crippen LogP contribution is 2.25. The molecule has 2 N–H and O–H groups in total. The van der Waals surface area contributed by atoms with Crippen molar-refractivity contribution < 1.29 is 28.6 Å². The quantitative estimate of drug-likeness (QED) is 0.293. The first-order chi connectivity index (χ1) is 16.4. The molecule has 0 bridgehead atoms. The Hall–Kier alpha value is -3.18. The molecule has 2 aromatic rings. The van der Waals surface area contributed by atoms with E-state index in [-0.39, 0.29) is 30.7 Å². The fraction of sp³-hybridized carbons (Fsp3) is 0.304. The van der Waals surface area contributed by atoms with E-state index in [1.165, 1.54) is 12.0 Å². The summed E-state index contributed by atoms with van der Waals surface area (Å²) in [6.07, 6.45) is -0.221. The minimum absolute atomic E-state index is 0.0373. The van der Waals surface area contributed by atoms with Gasteiger partial charge in [0.25, 0.3) is 5.91 Å². The zero-order valence-corrected chi connectivity index (χ0v) is 20.8. The molecule has 9 nitrogen and oxygen atoms in total. The zero-order valence-electron chi connectivity index (χ0n) is 18.4. The number of amides is 2. The summed E-state index contributed by atoms with van der Waals surface area (Å²) < 4.78 is 16.5. The molecule has 1 unspecified atom stereocenters. The number of esters is 1. The van der Waals surface area contributed by atoms with Gasteiger partial charge in [0, 0.05) is 18.7 Å². The van der Waals surface area contributed by atoms with Crippen molar-refractivity contribution >= 4 is 51.0 Å². The molecule has 34 heavy (non-hydrogen) atoms. The van der Waals surface area contributed by atoms with E-state index in [4.69, 9.17) is 26.4 Å². The second-order valence-corrected chi connectivity index (χ2v) is 8.44. The van der Waals surface area contributed by atoms with E-state index in [9.17, 15) is 14.4 Å². The molecule has 0 aliphatic carbocycles. The predicted molar refractivity (Wildman–Crippen MR) is 132 cm³/mol. The van der Waals surface area contributed by atoms with E-state index in [1.54, 1.807) is 30.3 Å². The Morgan fingerprint density at radius 1 is 1.21 bits per heavy atom. The molecule has 1 fully saturated rings. The lowest BCUT2D eigenvalue weighted by molar-refractivity contribution is -0.148. The van der Waals surface area contributed by atoms with Gasteiger partial charge in [0.1, 0.15) is 30.8 Å². The minimum atomic E-state index is -0.897. The van der Waals surface area contributed by atoms with Crippen LogP contribution in [0, 0.1) is 0 Å². The maximum atomic E-state index is 12.7. The SMILES string of the molecule is COc1ccc(C(=O)NC(=S)N2CCNC(=O)C2CC(=O)OCCOc2ccccc2)cc1Br. The summed E-state index contributed by atoms with van der Waals surface area (Å²) in [5.74, 6) is -0.135. The van der Waals surface area contributed by atoms with Crippen LogP contribution in [0.5, 0.6) is 11.5 Å². The Kier molecular flexibility index (Phi) is 9.23. The largest absolute Gasteiger partial charge is 0.496 e. The van der Waals surface area contributed by atoms with Crippen LogP contribution >= 0.6 is 28.1 Å². The van der Waals surface area contributed by atoms with Crippen molar-refractivity contribution in [3.8, 4) is 11.5 Å². The number of methoxy groups -OCH3 is 1. The Morgan fingerprint density at radius 3 is 2.68 bits per heavy atom. The smallest absolute Gasteiger partial charge is 0.308 e. The van der Waals surface area contributed by atoms with Crippen LogP contribution in [0.25, 0.3) is 0 Å². The normalized spacial score (nSPS) is 15.2. The van der Waals surface area contributed by atoms with Gasteiger partial charge in [-0.1, -0.05) is 18.2 Å². The number of nitrogens with one attached hydrogen (secondary N) is 2. The molecule has 11 heteroatoms. The second kappa shape index (κ2) is 12.3. The van der Waals surface area contributed by atoms with Crippen LogP contribution in [0.4, 0.5) is 0 Å². The van der Waals surface area contributed by atoms with Crippen LogP contribution in [-0.4, -0.2) is 67.3 Å². The van der Waals surface area contributed by atoms with E-state index >= 15 is 0 Å². The number of piperazine rings is 1. The summed E-state index contributed by atoms with van der Waals surface area (Å²) in [5, 5.41) is 5.39. The Morgan fingerprint density at radius 2 is 1.97 bits per heavy atom. The third-order valence-electron chi connectivity index (χ3n) is 4.94. The second-order valence-electron chi connectivity index (χ2n) is 7.19. The molecule has 2 amide bonds. The van der Waals surface area contributed by atoms with Crippen molar-refractivity contribution in [2.24, 2.45) is 0 Å². The highest BCUT2D eigenvalue weighted by atomic mass is 79.9. The van der Waals surface area contributed by atoms with Crippen molar-refractivity contribution in [3.05, 3.63) is 58.6 Å². The Labute approximate surface area is 210 Å². The number of halogens is 1. The first-order valence-electron chi connectivity index (χ1n) is 10.5. The van der Waals surface area contributed by atoms with Crippen LogP contribution in [0.1, 0.15) is 16.8 Å². The van der Waals surface area contributed by atoms with Gasteiger partial charge in [0.2, 0.25) is 5.91 Å². The fourth-order valence-corrected chi connectivity index (χ4v) is 4.11. The standard InChI is InChI=1S/C23H24BrN3O6S/c1-31-19-8-7-15(13-17(19)24)21(29)26-23(34)27-10-9-25-22(30)18(27)14-20(28)33-12-11-32-16-5-3-2-4-6-16/h2-8,13,18H,9-12,14H2,1H3,(H,25,30)(H,26,29,34). The van der Waals surface area contributed by atoms with Crippen LogP contribution in [-0.2, 0) is 14.3 Å². The van der Waals surface area contributed by atoms with E-state index in [0.29, 0.717) is 34.6 Å². The molecular formula is C23H24BrN3O6S. The van der Waals surface area contributed by atoms with Gasteiger partial charge in [0.05, 0.1) is 18.0 Å². The number of nitrogens with zero attached hydrogens (tertiary/aromatic N) is 1. The van der Waals surface area contributed by atoms with Crippen LogP contribution in [0.2, 0.25) is 0 Å². The van der Waals surface area contributed by atoms with Crippen molar-refractivity contribution in [3.63, 3.8) is 0 Å². The summed E-state index contributed by atoms with van der Waals surface area (Å²) >= 11 is 8.72. The summed E-state index contributed by atoms with van der Waals surface area (Å²) in [5.41, 5.74) is 0.353. The van der Waals surface area contributed by atoms with E-state index in [0.717, 1.165) is 0 Å². The average Bonchev–Trinajstić information content (AvgIpc) is 2.83. The lowest BCUT2D eigenvalue weighted by Crippen LogP contribution is -2.60. The van der Waals surface area contributed by atoms with Crippen molar-refractivity contribution in [2.75, 3.05) is 33.4 Å². The monoisotopic (exact) mass is 549 g/mol. The first-order valence-corrected chi connectivity index (χ1v) is 11.7. The number of carbonyl (C=O) groups is 3. The highest BCUT2D eigenvalue weighted by Gasteiger charge is 2.34. The topological polar surface area (TPSA) is 106 Å². The first kappa shape index (κ1) is 25.4. The van der Waals surface area contributed by atoms with Crippen LogP contribution < -0.4 is 20.1 Å². The molecule has 1 saturated heterocycles. The van der Waals surface area contributed by atoms with Gasteiger partial charge in [-0.15, -0.1) is 0 Å². The average molecular weight is 550 g/mol. The molecule has 3 rings (SSSR count). The molecule has 1 aliphatic heterocycles. The molecule has 0 spiro atoms. The van der Waals surface area contributed by atoms with Gasteiger partial charge in [-0.25, -0.2) is 0 Å². The molecular weight excluding hydrogens is 526 g/mol. The summed E-state index contributed by atoms with van der Waals surface area (Å²) in [6.45, 7) is 0.892. The number of carbonyl (C=O) groups excluding carboxylic acids is 3. The Balaban J connectivity index is 1.54. The number of para-hydroxylation sites is 1. The molecule has 1 aliphatic rings. The van der Waals surface area contributed by atoms with Gasteiger partial charge < -0.3 is 24.4 Å². The molecule has 180 valence electrons. The van der Waals surface area contributed by atoms with Crippen LogP contribution in [0.15, 0.2) is 53.0 Å². The number of benzene rings is 2. The van der Waals surface area contributed by atoms with E-state index in [1.807, 2.05) is 18.2 Å². The molecule has 2 aromatic carbocycles. The maximum Gasteiger partial charge on any atom is 0.308 e. The lowest BCUT2D eigenvalue weighted by atomic mass is 10.1. The zero-order chi connectivity index (χ0) is 24.5. The number of ether oxygens (including phenoxy) is 3. The Bertz CT molecular complexity index is 1050. The minimum Gasteiger partial charge on any atom is -0.496 e. The fourth-order valence-electron chi connectivity index (χ4n) is 3.26. The van der Waals surface area contributed by atoms with Crippen molar-refractivity contribution in [1.29, 1.82) is 0 Å². The van der Waals surface area contributed by atoms with Gasteiger partial charge in [-0.2, -0.15) is 0 Å². The predicted octanol–water partition coefficient (Wildman–Crippen LogP) is 2.29. The molecule has 0 aromatic heterocycles. The number of rotatable bonds is 8. The number of hydrogen-bond acceptors (Lipinski definition) is 7. The molecule has 1 heterocycles. The van der Waals surface area contributed by atoms with Gasteiger partial charge in [-0.3, -0.25) is 19.7 Å². The number of thiocarbonyl (C=S) groups is 1. The maximum absolute atomic E-state index is 12.7. The molecule has 0 radical (unpaired) electrons. The van der Waals surface area contributed by atoms with Gasteiger partial charge in [0.15, 0.2) is 5.11 Å². The molecule has 1 atom stereocenters. The van der Waals surface area contributed by atoms with E-state index in [2.05, 4.69) is 26.6 Å². The highest BCUT2D eigenvalue weighted by molar-refractivity contribution is 9.10. The summed E-state index contributed by atoms with van der Waals surface area (Å²) in [7, 11) is 1.53. The lowest BCUT2D eigenvalue weighted by Gasteiger charge is -2.36. The van der Waals surface area contributed by atoms with Crippen molar-refractivity contribution in [2.45, 2.75) is 12.5 Å². The van der Waals surface area contributed by atoms with E-state index < -0.39 is 17.9 Å². The molecule has 0 saturated carbocycles. The third-order valence-corrected chi connectivity index (χ3v) is 5.90. The van der Waals surface area contributed by atoms with Crippen molar-refractivity contribution in [1.82, 2.24) is 15.5 Å². The summed E-state index contributed by atoms with van der Waals surface area (Å²) in [6, 6.07) is 13.1. The van der Waals surface area contributed by atoms with Crippen LogP contribution in [0.3, 0.4) is 0 Å². The third kappa shape index (κ3) is 6.91.